The van der Waals surface area contributed by atoms with E-state index in [0.717, 1.165) is 5.56 Å². The van der Waals surface area contributed by atoms with E-state index in [9.17, 15) is 10.1 Å². The molecule has 130 valence electrons. The third-order valence-corrected chi connectivity index (χ3v) is 4.87. The van der Waals surface area contributed by atoms with E-state index in [1.165, 1.54) is 12.4 Å². The molecule has 7 nitrogen and oxygen atoms in total. The van der Waals surface area contributed by atoms with Crippen molar-refractivity contribution in [2.45, 2.75) is 6.92 Å². The molecule has 0 unspecified atom stereocenters. The summed E-state index contributed by atoms with van der Waals surface area (Å²) in [7, 11) is 0. The number of benzene rings is 2. The molecule has 0 saturated heterocycles. The summed E-state index contributed by atoms with van der Waals surface area (Å²) in [6.45, 7) is 1.87. The Kier molecular flexibility index (Phi) is 3.90. The Morgan fingerprint density at radius 3 is 2.81 bits per heavy atom. The molecule has 0 aliphatic rings. The summed E-state index contributed by atoms with van der Waals surface area (Å²) in [4.78, 5) is 19.6. The number of nitrogens with zero attached hydrogens (tertiary/aromatic N) is 4. The van der Waals surface area contributed by atoms with Gasteiger partial charge in [-0.15, -0.1) is 0 Å². The molecule has 0 spiro atoms. The van der Waals surface area contributed by atoms with Crippen molar-refractivity contribution in [1.82, 2.24) is 14.4 Å². The topological polar surface area (TPSA) is 85.4 Å². The largest absolute Gasteiger partial charge is 0.336 e. The van der Waals surface area contributed by atoms with Crippen LogP contribution < -0.4 is 5.32 Å². The van der Waals surface area contributed by atoms with Crippen LogP contribution in [0.5, 0.6) is 0 Å². The van der Waals surface area contributed by atoms with E-state index in [0.29, 0.717) is 38.1 Å². The van der Waals surface area contributed by atoms with Crippen LogP contribution in [0.2, 0.25) is 10.0 Å². The van der Waals surface area contributed by atoms with Gasteiger partial charge in [-0.2, -0.15) is 0 Å². The molecule has 0 radical (unpaired) electrons. The lowest BCUT2D eigenvalue weighted by molar-refractivity contribution is -0.383. The van der Waals surface area contributed by atoms with Gasteiger partial charge >= 0.3 is 0 Å². The highest BCUT2D eigenvalue weighted by Gasteiger charge is 2.19. The molecule has 0 amide bonds. The van der Waals surface area contributed by atoms with Crippen LogP contribution in [-0.4, -0.2) is 19.3 Å². The minimum atomic E-state index is -0.440. The van der Waals surface area contributed by atoms with Crippen molar-refractivity contribution < 1.29 is 4.92 Å². The highest BCUT2D eigenvalue weighted by molar-refractivity contribution is 6.39. The number of halogens is 2. The summed E-state index contributed by atoms with van der Waals surface area (Å²) in [6, 6.07) is 8.29. The van der Waals surface area contributed by atoms with Crippen LogP contribution in [0.1, 0.15) is 5.56 Å². The Bertz CT molecular complexity index is 1190. The van der Waals surface area contributed by atoms with Gasteiger partial charge in [-0.3, -0.25) is 14.5 Å². The lowest BCUT2D eigenvalue weighted by Gasteiger charge is -2.13. The molecule has 4 aromatic rings. The van der Waals surface area contributed by atoms with E-state index >= 15 is 0 Å². The quantitative estimate of drug-likeness (QED) is 0.388. The number of hydrogen-bond donors (Lipinski definition) is 1. The normalized spacial score (nSPS) is 11.2. The van der Waals surface area contributed by atoms with Crippen molar-refractivity contribution in [2.75, 3.05) is 5.32 Å². The number of hydrogen-bond acceptors (Lipinski definition) is 5. The Hall–Kier alpha value is -2.90. The van der Waals surface area contributed by atoms with E-state index < -0.39 is 4.92 Å². The van der Waals surface area contributed by atoms with Crippen molar-refractivity contribution in [3.05, 3.63) is 68.6 Å². The van der Waals surface area contributed by atoms with E-state index in [1.54, 1.807) is 28.8 Å². The number of aryl methyl sites for hydroxylation is 1. The first-order chi connectivity index (χ1) is 12.5. The number of rotatable bonds is 3. The van der Waals surface area contributed by atoms with E-state index in [1.807, 2.05) is 13.0 Å². The second-order valence-corrected chi connectivity index (χ2v) is 6.47. The molecule has 1 N–H and O–H groups in total. The fourth-order valence-electron chi connectivity index (χ4n) is 2.81. The summed E-state index contributed by atoms with van der Waals surface area (Å²) in [5.41, 5.74) is 2.73. The molecule has 0 saturated carbocycles. The molecule has 26 heavy (non-hydrogen) atoms. The van der Waals surface area contributed by atoms with Gasteiger partial charge in [0.25, 0.3) is 5.69 Å². The van der Waals surface area contributed by atoms with Gasteiger partial charge in [-0.1, -0.05) is 35.3 Å². The first-order valence-electron chi connectivity index (χ1n) is 7.58. The first kappa shape index (κ1) is 16.6. The Labute approximate surface area is 157 Å². The highest BCUT2D eigenvalue weighted by atomic mass is 35.5. The van der Waals surface area contributed by atoms with Gasteiger partial charge in [0.2, 0.25) is 0 Å². The fourth-order valence-corrected chi connectivity index (χ4v) is 3.28. The highest BCUT2D eigenvalue weighted by Crippen LogP contribution is 2.36. The molecular weight excluding hydrogens is 377 g/mol. The smallest absolute Gasteiger partial charge is 0.295 e. The summed E-state index contributed by atoms with van der Waals surface area (Å²) in [5.74, 6) is 0.449. The van der Waals surface area contributed by atoms with Gasteiger partial charge < -0.3 is 5.32 Å². The average Bonchev–Trinajstić information content (AvgIpc) is 3.11. The van der Waals surface area contributed by atoms with E-state index in [4.69, 9.17) is 23.2 Å². The summed E-state index contributed by atoms with van der Waals surface area (Å²) >= 11 is 12.6. The number of aromatic nitrogens is 3. The van der Waals surface area contributed by atoms with Crippen molar-refractivity contribution in [3.8, 4) is 0 Å². The molecule has 0 fully saturated rings. The fraction of sp³-hybridized carbons (Fsp3) is 0.0588. The van der Waals surface area contributed by atoms with Gasteiger partial charge in [0.1, 0.15) is 11.8 Å². The Morgan fingerprint density at radius 2 is 2.04 bits per heavy atom. The maximum atomic E-state index is 11.4. The summed E-state index contributed by atoms with van der Waals surface area (Å²) in [6.07, 6.45) is 3.08. The summed E-state index contributed by atoms with van der Waals surface area (Å²) in [5, 5.41) is 15.4. The number of para-hydroxylation sites is 1. The van der Waals surface area contributed by atoms with Gasteiger partial charge in [0.05, 0.1) is 32.4 Å². The maximum Gasteiger partial charge on any atom is 0.295 e. The molecule has 0 aliphatic heterocycles. The van der Waals surface area contributed by atoms with Crippen LogP contribution in [0.3, 0.4) is 0 Å². The molecule has 2 aromatic carbocycles. The zero-order chi connectivity index (χ0) is 18.4. The van der Waals surface area contributed by atoms with Crippen molar-refractivity contribution in [3.63, 3.8) is 0 Å². The van der Waals surface area contributed by atoms with Crippen LogP contribution in [0.4, 0.5) is 17.2 Å². The lowest BCUT2D eigenvalue weighted by Crippen LogP contribution is -2.02. The zero-order valence-electron chi connectivity index (χ0n) is 13.4. The molecule has 0 atom stereocenters. The van der Waals surface area contributed by atoms with Crippen LogP contribution in [-0.2, 0) is 0 Å². The summed E-state index contributed by atoms with van der Waals surface area (Å²) < 4.78 is 1.63. The molecule has 4 rings (SSSR count). The molecule has 0 aliphatic carbocycles. The van der Waals surface area contributed by atoms with Crippen LogP contribution in [0.25, 0.3) is 16.6 Å². The molecular formula is C17H11Cl2N5O2. The Morgan fingerprint density at radius 1 is 1.23 bits per heavy atom. The minimum Gasteiger partial charge on any atom is -0.336 e. The number of non-ortho nitro benzene ring substituents is 1. The van der Waals surface area contributed by atoms with Crippen molar-refractivity contribution >= 4 is 56.9 Å². The standard InChI is InChI=1S/C17H11Cl2N5O2/c1-9-5-6-10(18)15(14(9)19)22-17-13-7-20-8-23(13)16-11(21-17)3-2-4-12(16)24(25)26/h2-8H,1H3,(H,21,22). The van der Waals surface area contributed by atoms with E-state index in [2.05, 4.69) is 15.3 Å². The third kappa shape index (κ3) is 2.53. The maximum absolute atomic E-state index is 11.4. The van der Waals surface area contributed by atoms with Crippen LogP contribution in [0, 0.1) is 17.0 Å². The van der Waals surface area contributed by atoms with E-state index in [-0.39, 0.29) is 5.69 Å². The van der Waals surface area contributed by atoms with Crippen molar-refractivity contribution in [2.24, 2.45) is 0 Å². The SMILES string of the molecule is Cc1ccc(Cl)c(Nc2nc3cccc([N+](=O)[O-])c3n3cncc23)c1Cl. The minimum absolute atomic E-state index is 0.0452. The van der Waals surface area contributed by atoms with Crippen LogP contribution in [0.15, 0.2) is 42.9 Å². The first-order valence-corrected chi connectivity index (χ1v) is 8.34. The number of anilines is 2. The Balaban J connectivity index is 1.99. The number of imidazole rings is 1. The van der Waals surface area contributed by atoms with Gasteiger partial charge in [0, 0.05) is 6.07 Å². The molecule has 2 heterocycles. The average molecular weight is 388 g/mol. The lowest BCUT2D eigenvalue weighted by atomic mass is 10.2. The van der Waals surface area contributed by atoms with Crippen molar-refractivity contribution in [1.29, 1.82) is 0 Å². The van der Waals surface area contributed by atoms with Gasteiger partial charge in [-0.25, -0.2) is 9.97 Å². The molecule has 9 heteroatoms. The second-order valence-electron chi connectivity index (χ2n) is 5.69. The molecule has 2 aromatic heterocycles. The number of fused-ring (bicyclic) bond motifs is 3. The number of nitrogens with one attached hydrogen (secondary N) is 1. The van der Waals surface area contributed by atoms with Gasteiger partial charge in [-0.05, 0) is 24.6 Å². The third-order valence-electron chi connectivity index (χ3n) is 4.07. The zero-order valence-corrected chi connectivity index (χ0v) is 14.9. The number of nitro groups is 1. The second kappa shape index (κ2) is 6.12. The number of nitro benzene ring substituents is 1. The van der Waals surface area contributed by atoms with Gasteiger partial charge in [0.15, 0.2) is 11.3 Å². The van der Waals surface area contributed by atoms with Crippen LogP contribution >= 0.6 is 23.2 Å². The predicted octanol–water partition coefficient (Wildman–Crippen LogP) is 5.15. The monoisotopic (exact) mass is 387 g/mol. The molecule has 0 bridgehead atoms. The predicted molar refractivity (Wildman–Crippen MR) is 102 cm³/mol.